The van der Waals surface area contributed by atoms with Gasteiger partial charge in [0.1, 0.15) is 4.88 Å². The quantitative estimate of drug-likeness (QED) is 0.273. The molecule has 0 saturated heterocycles. The Labute approximate surface area is 182 Å². The zero-order chi connectivity index (χ0) is 21.2. The highest BCUT2D eigenvalue weighted by Gasteiger charge is 2.37. The van der Waals surface area contributed by atoms with E-state index in [9.17, 15) is 9.59 Å². The summed E-state index contributed by atoms with van der Waals surface area (Å²) in [6, 6.07) is 6.69. The average molecular weight is 453 g/mol. The SMILES string of the molecule is COC(=O)c1sc(SC)c2c1CC(C)(C)CC2=NOC(=O)Nc1ccc(Cl)cc1. The summed E-state index contributed by atoms with van der Waals surface area (Å²) in [5.74, 6) is -0.356. The molecule has 9 heteroatoms. The number of hydrogen-bond acceptors (Lipinski definition) is 7. The van der Waals surface area contributed by atoms with E-state index in [0.717, 1.165) is 21.8 Å². The lowest BCUT2D eigenvalue weighted by Gasteiger charge is -2.31. The van der Waals surface area contributed by atoms with Crippen LogP contribution in [0, 0.1) is 5.41 Å². The maximum Gasteiger partial charge on any atom is 0.437 e. The van der Waals surface area contributed by atoms with E-state index in [1.165, 1.54) is 30.2 Å². The van der Waals surface area contributed by atoms with E-state index in [1.807, 2.05) is 6.26 Å². The molecule has 1 amide bonds. The number of ether oxygens (including phenoxy) is 1. The van der Waals surface area contributed by atoms with Gasteiger partial charge in [0.2, 0.25) is 0 Å². The third-order valence-corrected chi connectivity index (χ3v) is 7.03. The molecule has 0 spiro atoms. The van der Waals surface area contributed by atoms with Crippen LogP contribution in [0.15, 0.2) is 33.6 Å². The van der Waals surface area contributed by atoms with Crippen molar-refractivity contribution in [1.82, 2.24) is 0 Å². The van der Waals surface area contributed by atoms with Crippen LogP contribution in [0.4, 0.5) is 10.5 Å². The number of halogens is 1. The van der Waals surface area contributed by atoms with Crippen molar-refractivity contribution in [2.24, 2.45) is 10.6 Å². The molecule has 0 unspecified atom stereocenters. The molecule has 6 nitrogen and oxygen atoms in total. The standard InChI is InChI=1S/C20H21ClN2O4S2/c1-20(2)9-13-15(18(28-4)29-16(13)17(24)26-3)14(10-20)23-27-19(25)22-12-7-5-11(21)6-8-12/h5-8H,9-10H2,1-4H3,(H,22,25). The molecular formula is C20H21ClN2O4S2. The van der Waals surface area contributed by atoms with Crippen LogP contribution in [0.2, 0.25) is 5.02 Å². The molecular weight excluding hydrogens is 432 g/mol. The molecule has 2 aromatic rings. The van der Waals surface area contributed by atoms with Crippen molar-refractivity contribution in [2.45, 2.75) is 30.9 Å². The van der Waals surface area contributed by atoms with Crippen molar-refractivity contribution in [3.8, 4) is 0 Å². The van der Waals surface area contributed by atoms with Gasteiger partial charge < -0.3 is 4.74 Å². The molecule has 154 valence electrons. The number of thiophene rings is 1. The number of carbonyl (C=O) groups is 2. The Kier molecular flexibility index (Phi) is 6.55. The highest BCUT2D eigenvalue weighted by molar-refractivity contribution is 8.00. The summed E-state index contributed by atoms with van der Waals surface area (Å²) in [5, 5.41) is 7.35. The van der Waals surface area contributed by atoms with Gasteiger partial charge in [-0.1, -0.05) is 30.6 Å². The second kappa shape index (κ2) is 8.77. The van der Waals surface area contributed by atoms with E-state index in [2.05, 4.69) is 24.3 Å². The van der Waals surface area contributed by atoms with Crippen LogP contribution in [0.3, 0.4) is 0 Å². The van der Waals surface area contributed by atoms with E-state index >= 15 is 0 Å². The summed E-state index contributed by atoms with van der Waals surface area (Å²) in [7, 11) is 1.38. The van der Waals surface area contributed by atoms with Gasteiger partial charge in [0.15, 0.2) is 0 Å². The Hall–Kier alpha value is -2.03. The van der Waals surface area contributed by atoms with Gasteiger partial charge in [0, 0.05) is 16.3 Å². The zero-order valence-corrected chi connectivity index (χ0v) is 18.9. The lowest BCUT2D eigenvalue weighted by Crippen LogP contribution is -2.28. The number of thioether (sulfide) groups is 1. The van der Waals surface area contributed by atoms with Gasteiger partial charge in [-0.25, -0.2) is 9.59 Å². The van der Waals surface area contributed by atoms with Gasteiger partial charge in [-0.2, -0.15) is 0 Å². The minimum atomic E-state index is -0.695. The predicted molar refractivity (Wildman–Crippen MR) is 118 cm³/mol. The minimum Gasteiger partial charge on any atom is -0.465 e. The highest BCUT2D eigenvalue weighted by atomic mass is 35.5. The number of anilines is 1. The van der Waals surface area contributed by atoms with Crippen molar-refractivity contribution in [2.75, 3.05) is 18.7 Å². The molecule has 1 N–H and O–H groups in total. The molecule has 1 heterocycles. The molecule has 0 atom stereocenters. The molecule has 1 aromatic heterocycles. The van der Waals surface area contributed by atoms with Crippen LogP contribution >= 0.6 is 34.7 Å². The second-order valence-corrected chi connectivity index (χ2v) is 9.87. The number of carbonyl (C=O) groups excluding carboxylic acids is 2. The van der Waals surface area contributed by atoms with E-state index < -0.39 is 6.09 Å². The largest absolute Gasteiger partial charge is 0.465 e. The maximum absolute atomic E-state index is 12.3. The zero-order valence-electron chi connectivity index (χ0n) is 16.5. The van der Waals surface area contributed by atoms with Crippen LogP contribution in [-0.4, -0.2) is 31.1 Å². The molecule has 29 heavy (non-hydrogen) atoms. The first-order valence-electron chi connectivity index (χ1n) is 8.83. The van der Waals surface area contributed by atoms with E-state index in [1.54, 1.807) is 24.3 Å². The molecule has 1 aliphatic carbocycles. The number of nitrogens with one attached hydrogen (secondary N) is 1. The fraction of sp³-hybridized carbons (Fsp3) is 0.350. The molecule has 1 aromatic carbocycles. The van der Waals surface area contributed by atoms with Gasteiger partial charge in [0.25, 0.3) is 0 Å². The second-order valence-electron chi connectivity index (χ2n) is 7.33. The van der Waals surface area contributed by atoms with Gasteiger partial charge >= 0.3 is 12.1 Å². The van der Waals surface area contributed by atoms with Crippen molar-refractivity contribution in [1.29, 1.82) is 0 Å². The first kappa shape index (κ1) is 21.7. The summed E-state index contributed by atoms with van der Waals surface area (Å²) in [6.45, 7) is 4.19. The molecule has 0 saturated carbocycles. The number of benzene rings is 1. The normalized spacial score (nSPS) is 16.2. The predicted octanol–water partition coefficient (Wildman–Crippen LogP) is 5.84. The highest BCUT2D eigenvalue weighted by Crippen LogP contribution is 2.45. The maximum atomic E-state index is 12.3. The Morgan fingerprint density at radius 3 is 2.55 bits per heavy atom. The van der Waals surface area contributed by atoms with E-state index in [-0.39, 0.29) is 11.4 Å². The van der Waals surface area contributed by atoms with E-state index in [4.69, 9.17) is 21.2 Å². The molecule has 0 fully saturated rings. The van der Waals surface area contributed by atoms with Crippen molar-refractivity contribution in [3.05, 3.63) is 45.3 Å². The summed E-state index contributed by atoms with van der Waals surface area (Å²) in [6.07, 6.45) is 2.59. The van der Waals surface area contributed by atoms with Crippen LogP contribution < -0.4 is 5.32 Å². The number of hydrogen-bond donors (Lipinski definition) is 1. The molecule has 0 bridgehead atoms. The van der Waals surface area contributed by atoms with Crippen LogP contribution in [0.5, 0.6) is 0 Å². The van der Waals surface area contributed by atoms with Crippen LogP contribution in [-0.2, 0) is 16.0 Å². The van der Waals surface area contributed by atoms with Gasteiger partial charge in [-0.3, -0.25) is 10.2 Å². The lowest BCUT2D eigenvalue weighted by molar-refractivity contribution is 0.0604. The van der Waals surface area contributed by atoms with Crippen LogP contribution in [0.25, 0.3) is 0 Å². The monoisotopic (exact) mass is 452 g/mol. The Bertz CT molecular complexity index is 968. The van der Waals surface area contributed by atoms with Gasteiger partial charge in [0.05, 0.1) is 17.0 Å². The van der Waals surface area contributed by atoms with Crippen LogP contribution in [0.1, 0.15) is 41.1 Å². The summed E-state index contributed by atoms with van der Waals surface area (Å²) >= 11 is 8.77. The minimum absolute atomic E-state index is 0.138. The molecule has 1 aliphatic rings. The Morgan fingerprint density at radius 1 is 1.24 bits per heavy atom. The number of esters is 1. The van der Waals surface area contributed by atoms with Gasteiger partial charge in [-0.15, -0.1) is 23.1 Å². The Balaban J connectivity index is 1.89. The fourth-order valence-electron chi connectivity index (χ4n) is 3.24. The first-order valence-corrected chi connectivity index (χ1v) is 11.2. The summed E-state index contributed by atoms with van der Waals surface area (Å²) in [4.78, 5) is 30.2. The number of amides is 1. The number of methoxy groups -OCH3 is 1. The summed E-state index contributed by atoms with van der Waals surface area (Å²) in [5.41, 5.74) is 2.85. The Morgan fingerprint density at radius 2 is 1.93 bits per heavy atom. The number of fused-ring (bicyclic) bond motifs is 1. The number of oxime groups is 1. The van der Waals surface area contributed by atoms with E-state index in [0.29, 0.717) is 27.7 Å². The topological polar surface area (TPSA) is 77.0 Å². The van der Waals surface area contributed by atoms with Crippen molar-refractivity contribution >= 4 is 58.2 Å². The van der Waals surface area contributed by atoms with Crippen molar-refractivity contribution < 1.29 is 19.2 Å². The summed E-state index contributed by atoms with van der Waals surface area (Å²) < 4.78 is 5.91. The number of rotatable bonds is 4. The average Bonchev–Trinajstić information content (AvgIpc) is 3.04. The lowest BCUT2D eigenvalue weighted by atomic mass is 9.74. The third kappa shape index (κ3) is 4.94. The molecule has 3 rings (SSSR count). The number of nitrogens with zero attached hydrogens (tertiary/aromatic N) is 1. The fourth-order valence-corrected chi connectivity index (χ4v) is 5.38. The molecule has 0 aliphatic heterocycles. The van der Waals surface area contributed by atoms with Crippen molar-refractivity contribution in [3.63, 3.8) is 0 Å². The molecule has 0 radical (unpaired) electrons. The third-order valence-electron chi connectivity index (χ3n) is 4.45. The van der Waals surface area contributed by atoms with Gasteiger partial charge in [-0.05, 0) is 54.3 Å². The smallest absolute Gasteiger partial charge is 0.437 e. The first-order chi connectivity index (χ1) is 13.7.